The van der Waals surface area contributed by atoms with Gasteiger partial charge >= 0.3 is 0 Å². The number of benzene rings is 2. The number of thioether (sulfide) groups is 1. The predicted octanol–water partition coefficient (Wildman–Crippen LogP) is 5.00. The Bertz CT molecular complexity index is 1320. The molecule has 0 saturated heterocycles. The normalized spacial score (nSPS) is 11.3. The highest BCUT2D eigenvalue weighted by molar-refractivity contribution is 8.15. The maximum absolute atomic E-state index is 13.2. The number of ketones is 1. The first-order valence-corrected chi connectivity index (χ1v) is 11.0. The van der Waals surface area contributed by atoms with E-state index in [1.54, 1.807) is 36.7 Å². The minimum absolute atomic E-state index is 0.0503. The van der Waals surface area contributed by atoms with Gasteiger partial charge in [0.05, 0.1) is 10.6 Å². The number of hydrazone groups is 1. The van der Waals surface area contributed by atoms with E-state index < -0.39 is 4.92 Å². The second kappa shape index (κ2) is 10.5. The number of carbonyl (C=O) groups is 1. The van der Waals surface area contributed by atoms with Crippen LogP contribution in [-0.2, 0) is 6.42 Å². The topological polar surface area (TPSA) is 136 Å². The lowest BCUT2D eigenvalue weighted by molar-refractivity contribution is -0.384. The molecule has 0 aliphatic heterocycles. The Hall–Kier alpha value is -4.38. The molecule has 4 aromatic rings. The van der Waals surface area contributed by atoms with Gasteiger partial charge in [0.25, 0.3) is 10.9 Å². The molecule has 0 aliphatic rings. The molecular weight excluding hydrogens is 456 g/mol. The lowest BCUT2D eigenvalue weighted by Crippen LogP contribution is -2.13. The third-order valence-corrected chi connectivity index (χ3v) is 5.51. The molecular formula is C23H18N6O4S. The van der Waals surface area contributed by atoms with Gasteiger partial charge in [-0.1, -0.05) is 31.2 Å². The third-order valence-electron chi connectivity index (χ3n) is 4.70. The molecule has 0 unspecified atom stereocenters. The summed E-state index contributed by atoms with van der Waals surface area (Å²) in [6, 6.07) is 16.4. The summed E-state index contributed by atoms with van der Waals surface area (Å²) in [7, 11) is 0. The van der Waals surface area contributed by atoms with Crippen LogP contribution in [0, 0.1) is 10.1 Å². The maximum Gasteiger partial charge on any atom is 0.283 e. The molecule has 0 amide bonds. The number of non-ortho nitro benzene ring substituents is 1. The van der Waals surface area contributed by atoms with Crippen LogP contribution in [0.1, 0.15) is 22.8 Å². The first-order valence-electron chi connectivity index (χ1n) is 10.2. The molecule has 0 saturated carbocycles. The number of hydrogen-bond acceptors (Lipinski definition) is 10. The highest BCUT2D eigenvalue weighted by Gasteiger charge is 2.20. The Morgan fingerprint density at radius 2 is 1.76 bits per heavy atom. The van der Waals surface area contributed by atoms with Crippen molar-refractivity contribution in [1.29, 1.82) is 0 Å². The van der Waals surface area contributed by atoms with E-state index in [2.05, 4.69) is 25.7 Å². The molecule has 10 nitrogen and oxygen atoms in total. The molecule has 0 aliphatic carbocycles. The molecule has 0 fully saturated rings. The minimum atomic E-state index is -0.492. The molecule has 170 valence electrons. The molecule has 4 rings (SSSR count). The first kappa shape index (κ1) is 22.8. The Kier molecular flexibility index (Phi) is 7.04. The molecule has 1 N–H and O–H groups in total. The molecule has 2 aromatic heterocycles. The van der Waals surface area contributed by atoms with Crippen LogP contribution < -0.4 is 5.43 Å². The van der Waals surface area contributed by atoms with Gasteiger partial charge in [-0.15, -0.1) is 10.2 Å². The van der Waals surface area contributed by atoms with Crippen molar-refractivity contribution in [2.75, 3.05) is 5.43 Å². The zero-order valence-electron chi connectivity index (χ0n) is 17.9. The number of rotatable bonds is 8. The van der Waals surface area contributed by atoms with Gasteiger partial charge in [0, 0.05) is 35.7 Å². The summed E-state index contributed by atoms with van der Waals surface area (Å²) >= 11 is 0.918. The standard InChI is InChI=1S/C23H18N6O4S/c1-2-15-3-5-16(6-4-15)20(30)22(27-25-18-7-9-19(10-8-18)29(31)32)34-23-28-26-21(33-23)17-11-13-24-14-12-17/h3-14,25H,2H2,1H3/b27-22+. The highest BCUT2D eigenvalue weighted by atomic mass is 32.2. The van der Waals surface area contributed by atoms with E-state index in [9.17, 15) is 14.9 Å². The fourth-order valence-corrected chi connectivity index (χ4v) is 3.52. The van der Waals surface area contributed by atoms with Gasteiger partial charge in [0.1, 0.15) is 0 Å². The van der Waals surface area contributed by atoms with Crippen LogP contribution in [0.25, 0.3) is 11.5 Å². The van der Waals surface area contributed by atoms with Crippen LogP contribution in [-0.4, -0.2) is 30.9 Å². The third kappa shape index (κ3) is 5.51. The Labute approximate surface area is 198 Å². The molecule has 0 atom stereocenters. The molecule has 0 bridgehead atoms. The van der Waals surface area contributed by atoms with Gasteiger partial charge < -0.3 is 4.42 Å². The number of nitro groups is 1. The second-order valence-electron chi connectivity index (χ2n) is 6.92. The molecule has 2 aromatic carbocycles. The molecule has 0 spiro atoms. The number of aromatic nitrogens is 3. The molecule has 11 heteroatoms. The zero-order chi connectivity index (χ0) is 23.9. The van der Waals surface area contributed by atoms with Gasteiger partial charge in [-0.2, -0.15) is 5.10 Å². The van der Waals surface area contributed by atoms with E-state index in [4.69, 9.17) is 4.42 Å². The van der Waals surface area contributed by atoms with Crippen molar-refractivity contribution in [1.82, 2.24) is 15.2 Å². The Balaban J connectivity index is 1.60. The number of hydrogen-bond donors (Lipinski definition) is 1. The SMILES string of the molecule is CCc1ccc(C(=O)/C(=N\Nc2ccc([N+](=O)[O-])cc2)Sc2nnc(-c3ccncc3)o2)cc1. The van der Waals surface area contributed by atoms with Crippen molar-refractivity contribution in [3.8, 4) is 11.5 Å². The molecule has 34 heavy (non-hydrogen) atoms. The lowest BCUT2D eigenvalue weighted by atomic mass is 10.1. The zero-order valence-corrected chi connectivity index (χ0v) is 18.7. The Morgan fingerprint density at radius 1 is 1.06 bits per heavy atom. The van der Waals surface area contributed by atoms with Gasteiger partial charge in [-0.25, -0.2) is 0 Å². The van der Waals surface area contributed by atoms with Crippen LogP contribution in [0.5, 0.6) is 0 Å². The van der Waals surface area contributed by atoms with Crippen molar-refractivity contribution in [2.45, 2.75) is 18.6 Å². The van der Waals surface area contributed by atoms with E-state index in [0.717, 1.165) is 23.7 Å². The summed E-state index contributed by atoms with van der Waals surface area (Å²) in [5.41, 5.74) is 5.43. The number of pyridine rings is 1. The smallest absolute Gasteiger partial charge is 0.283 e. The summed E-state index contributed by atoms with van der Waals surface area (Å²) in [5, 5.41) is 23.3. The van der Waals surface area contributed by atoms with E-state index in [1.807, 2.05) is 19.1 Å². The summed E-state index contributed by atoms with van der Waals surface area (Å²) in [5.74, 6) is -0.0574. The highest BCUT2D eigenvalue weighted by Crippen LogP contribution is 2.26. The number of nitro benzene ring substituents is 1. The van der Waals surface area contributed by atoms with E-state index in [0.29, 0.717) is 16.8 Å². The van der Waals surface area contributed by atoms with Crippen molar-refractivity contribution in [2.24, 2.45) is 5.10 Å². The summed E-state index contributed by atoms with van der Waals surface area (Å²) < 4.78 is 5.69. The fourth-order valence-electron chi connectivity index (χ4n) is 2.85. The van der Waals surface area contributed by atoms with Crippen molar-refractivity contribution in [3.63, 3.8) is 0 Å². The van der Waals surface area contributed by atoms with Gasteiger partial charge in [0.2, 0.25) is 11.7 Å². The largest absolute Gasteiger partial charge is 0.411 e. The molecule has 0 radical (unpaired) electrons. The maximum atomic E-state index is 13.2. The van der Waals surface area contributed by atoms with Gasteiger partial charge in [0.15, 0.2) is 5.04 Å². The van der Waals surface area contributed by atoms with Crippen LogP contribution in [0.2, 0.25) is 0 Å². The number of Topliss-reactive ketones (excluding diaryl/α,β-unsaturated/α-hetero) is 1. The first-order chi connectivity index (χ1) is 16.5. The lowest BCUT2D eigenvalue weighted by Gasteiger charge is -2.06. The second-order valence-corrected chi connectivity index (χ2v) is 7.86. The number of aryl methyl sites for hydroxylation is 1. The van der Waals surface area contributed by atoms with Crippen LogP contribution in [0.15, 0.2) is 87.8 Å². The fraction of sp³-hybridized carbons (Fsp3) is 0.0870. The van der Waals surface area contributed by atoms with E-state index in [-0.39, 0.29) is 27.6 Å². The van der Waals surface area contributed by atoms with Crippen LogP contribution in [0.3, 0.4) is 0 Å². The number of nitrogens with zero attached hydrogens (tertiary/aromatic N) is 5. The minimum Gasteiger partial charge on any atom is -0.411 e. The summed E-state index contributed by atoms with van der Waals surface area (Å²) in [6.07, 6.45) is 4.07. The van der Waals surface area contributed by atoms with Gasteiger partial charge in [-0.3, -0.25) is 25.3 Å². The quantitative estimate of drug-likeness (QED) is 0.0933. The van der Waals surface area contributed by atoms with E-state index in [1.165, 1.54) is 24.3 Å². The summed E-state index contributed by atoms with van der Waals surface area (Å²) in [6.45, 7) is 2.03. The van der Waals surface area contributed by atoms with E-state index >= 15 is 0 Å². The molecule has 2 heterocycles. The summed E-state index contributed by atoms with van der Waals surface area (Å²) in [4.78, 5) is 27.5. The monoisotopic (exact) mass is 474 g/mol. The Morgan fingerprint density at radius 3 is 2.41 bits per heavy atom. The number of carbonyl (C=O) groups excluding carboxylic acids is 1. The average Bonchev–Trinajstić information content (AvgIpc) is 3.35. The van der Waals surface area contributed by atoms with Crippen LogP contribution in [0.4, 0.5) is 11.4 Å². The van der Waals surface area contributed by atoms with Gasteiger partial charge in [-0.05, 0) is 48.0 Å². The van der Waals surface area contributed by atoms with Crippen molar-refractivity contribution >= 4 is 34.0 Å². The van der Waals surface area contributed by atoms with Crippen molar-refractivity contribution in [3.05, 3.63) is 94.3 Å². The van der Waals surface area contributed by atoms with Crippen LogP contribution >= 0.6 is 11.8 Å². The van der Waals surface area contributed by atoms with Crippen molar-refractivity contribution < 1.29 is 14.1 Å². The number of nitrogens with one attached hydrogen (secondary N) is 1. The number of anilines is 1. The average molecular weight is 475 g/mol. The predicted molar refractivity (Wildman–Crippen MR) is 128 cm³/mol.